The lowest BCUT2D eigenvalue weighted by molar-refractivity contribution is -0.661. The number of piperazine rings is 1. The Morgan fingerprint density at radius 1 is 1.20 bits per heavy atom. The fourth-order valence-electron chi connectivity index (χ4n) is 1.74. The smallest absolute Gasteiger partial charge is 0.254 e. The lowest BCUT2D eigenvalue weighted by atomic mass is 10.2. The van der Waals surface area contributed by atoms with E-state index in [2.05, 4.69) is 5.32 Å². The SMILES string of the molecule is O=C(c1ccc(O)cc1)N1CC[NH2+]CC1. The van der Waals surface area contributed by atoms with Crippen LogP contribution in [0, 0.1) is 0 Å². The molecule has 1 aliphatic rings. The second-order valence-corrected chi connectivity index (χ2v) is 3.71. The first kappa shape index (κ1) is 9.98. The van der Waals surface area contributed by atoms with Gasteiger partial charge in [0.05, 0.1) is 26.2 Å². The molecule has 15 heavy (non-hydrogen) atoms. The van der Waals surface area contributed by atoms with Crippen LogP contribution < -0.4 is 5.32 Å². The third-order valence-corrected chi connectivity index (χ3v) is 2.61. The highest BCUT2D eigenvalue weighted by atomic mass is 16.3. The minimum absolute atomic E-state index is 0.0584. The fourth-order valence-corrected chi connectivity index (χ4v) is 1.74. The minimum Gasteiger partial charge on any atom is -0.508 e. The van der Waals surface area contributed by atoms with Gasteiger partial charge in [0.25, 0.3) is 5.91 Å². The van der Waals surface area contributed by atoms with Crippen LogP contribution >= 0.6 is 0 Å². The van der Waals surface area contributed by atoms with Crippen LogP contribution in [-0.4, -0.2) is 42.1 Å². The van der Waals surface area contributed by atoms with Crippen molar-refractivity contribution in [2.45, 2.75) is 0 Å². The largest absolute Gasteiger partial charge is 0.508 e. The summed E-state index contributed by atoms with van der Waals surface area (Å²) in [5.41, 5.74) is 0.648. The quantitative estimate of drug-likeness (QED) is 0.647. The Labute approximate surface area is 88.5 Å². The first-order valence-corrected chi connectivity index (χ1v) is 5.17. The number of quaternary nitrogens is 1. The molecular formula is C11H15N2O2+. The molecule has 0 aliphatic carbocycles. The number of hydrogen-bond donors (Lipinski definition) is 2. The van der Waals surface area contributed by atoms with Crippen LogP contribution in [0.3, 0.4) is 0 Å². The van der Waals surface area contributed by atoms with E-state index in [1.165, 1.54) is 0 Å². The van der Waals surface area contributed by atoms with Crippen molar-refractivity contribution in [2.24, 2.45) is 0 Å². The predicted molar refractivity (Wildman–Crippen MR) is 55.7 cm³/mol. The van der Waals surface area contributed by atoms with Crippen LogP contribution in [0.1, 0.15) is 10.4 Å². The van der Waals surface area contributed by atoms with Crippen LogP contribution in [0.25, 0.3) is 0 Å². The zero-order valence-electron chi connectivity index (χ0n) is 8.52. The topological polar surface area (TPSA) is 57.1 Å². The Bertz CT molecular complexity index is 342. The van der Waals surface area contributed by atoms with Crippen molar-refractivity contribution in [3.63, 3.8) is 0 Å². The number of carbonyl (C=O) groups excluding carboxylic acids is 1. The number of hydrogen-bond acceptors (Lipinski definition) is 2. The van der Waals surface area contributed by atoms with Crippen molar-refractivity contribution < 1.29 is 15.2 Å². The second-order valence-electron chi connectivity index (χ2n) is 3.71. The van der Waals surface area contributed by atoms with E-state index in [0.29, 0.717) is 5.56 Å². The van der Waals surface area contributed by atoms with Crippen molar-refractivity contribution >= 4 is 5.91 Å². The molecule has 0 atom stereocenters. The molecule has 0 radical (unpaired) electrons. The van der Waals surface area contributed by atoms with Gasteiger partial charge in [0.15, 0.2) is 0 Å². The number of rotatable bonds is 1. The van der Waals surface area contributed by atoms with Crippen molar-refractivity contribution in [1.29, 1.82) is 0 Å². The molecule has 1 aromatic carbocycles. The first-order chi connectivity index (χ1) is 7.27. The average Bonchev–Trinajstić information content (AvgIpc) is 2.30. The van der Waals surface area contributed by atoms with Gasteiger partial charge in [0.2, 0.25) is 0 Å². The summed E-state index contributed by atoms with van der Waals surface area (Å²) in [7, 11) is 0. The van der Waals surface area contributed by atoms with E-state index >= 15 is 0 Å². The molecule has 4 nitrogen and oxygen atoms in total. The molecule has 1 fully saturated rings. The van der Waals surface area contributed by atoms with E-state index in [0.717, 1.165) is 26.2 Å². The molecule has 1 saturated heterocycles. The third kappa shape index (κ3) is 2.27. The monoisotopic (exact) mass is 207 g/mol. The van der Waals surface area contributed by atoms with Gasteiger partial charge in [-0.25, -0.2) is 0 Å². The molecule has 0 bridgehead atoms. The molecule has 0 aromatic heterocycles. The molecule has 0 saturated carbocycles. The lowest BCUT2D eigenvalue weighted by Crippen LogP contribution is -2.89. The van der Waals surface area contributed by atoms with Gasteiger partial charge in [0, 0.05) is 5.56 Å². The van der Waals surface area contributed by atoms with E-state index in [-0.39, 0.29) is 11.7 Å². The van der Waals surface area contributed by atoms with Gasteiger partial charge in [-0.1, -0.05) is 0 Å². The number of carbonyl (C=O) groups is 1. The zero-order chi connectivity index (χ0) is 10.7. The highest BCUT2D eigenvalue weighted by molar-refractivity contribution is 5.94. The Morgan fingerprint density at radius 2 is 1.80 bits per heavy atom. The van der Waals surface area contributed by atoms with E-state index < -0.39 is 0 Å². The average molecular weight is 207 g/mol. The number of aromatic hydroxyl groups is 1. The van der Waals surface area contributed by atoms with Gasteiger partial charge in [0.1, 0.15) is 5.75 Å². The number of nitrogens with two attached hydrogens (primary N) is 1. The summed E-state index contributed by atoms with van der Waals surface area (Å²) < 4.78 is 0. The highest BCUT2D eigenvalue weighted by Crippen LogP contribution is 2.11. The molecule has 0 spiro atoms. The van der Waals surface area contributed by atoms with Gasteiger partial charge < -0.3 is 15.3 Å². The van der Waals surface area contributed by atoms with Crippen LogP contribution in [0.5, 0.6) is 5.75 Å². The van der Waals surface area contributed by atoms with Gasteiger partial charge in [-0.15, -0.1) is 0 Å². The van der Waals surface area contributed by atoms with Crippen LogP contribution in [-0.2, 0) is 0 Å². The zero-order valence-corrected chi connectivity index (χ0v) is 8.52. The Balaban J connectivity index is 2.09. The molecular weight excluding hydrogens is 192 g/mol. The highest BCUT2D eigenvalue weighted by Gasteiger charge is 2.19. The lowest BCUT2D eigenvalue weighted by Gasteiger charge is -2.25. The van der Waals surface area contributed by atoms with Crippen LogP contribution in [0.4, 0.5) is 0 Å². The predicted octanol–water partition coefficient (Wildman–Crippen LogP) is -0.589. The maximum Gasteiger partial charge on any atom is 0.254 e. The number of amides is 1. The molecule has 1 heterocycles. The molecule has 2 rings (SSSR count). The van der Waals surface area contributed by atoms with Crippen molar-refractivity contribution in [2.75, 3.05) is 26.2 Å². The van der Waals surface area contributed by atoms with Gasteiger partial charge in [-0.3, -0.25) is 4.79 Å². The molecule has 1 amide bonds. The van der Waals surface area contributed by atoms with Gasteiger partial charge >= 0.3 is 0 Å². The van der Waals surface area contributed by atoms with Gasteiger partial charge in [-0.05, 0) is 24.3 Å². The van der Waals surface area contributed by atoms with Crippen LogP contribution in [0.15, 0.2) is 24.3 Å². The third-order valence-electron chi connectivity index (χ3n) is 2.61. The maximum atomic E-state index is 11.9. The van der Waals surface area contributed by atoms with Crippen molar-refractivity contribution in [3.05, 3.63) is 29.8 Å². The van der Waals surface area contributed by atoms with E-state index in [4.69, 9.17) is 5.11 Å². The molecule has 80 valence electrons. The van der Waals surface area contributed by atoms with Crippen molar-refractivity contribution in [3.8, 4) is 5.75 Å². The number of phenols is 1. The summed E-state index contributed by atoms with van der Waals surface area (Å²) in [5.74, 6) is 0.252. The van der Waals surface area contributed by atoms with E-state index in [1.807, 2.05) is 4.90 Å². The number of nitrogens with zero attached hydrogens (tertiary/aromatic N) is 1. The normalized spacial score (nSPS) is 16.4. The number of phenolic OH excluding ortho intramolecular Hbond substituents is 1. The first-order valence-electron chi connectivity index (χ1n) is 5.17. The molecule has 4 heteroatoms. The Morgan fingerprint density at radius 3 is 2.40 bits per heavy atom. The maximum absolute atomic E-state index is 11.9. The second kappa shape index (κ2) is 4.31. The summed E-state index contributed by atoms with van der Waals surface area (Å²) in [6.07, 6.45) is 0. The molecule has 1 aromatic rings. The summed E-state index contributed by atoms with van der Waals surface area (Å²) in [5, 5.41) is 11.3. The van der Waals surface area contributed by atoms with Crippen LogP contribution in [0.2, 0.25) is 0 Å². The molecule has 1 aliphatic heterocycles. The fraction of sp³-hybridized carbons (Fsp3) is 0.364. The summed E-state index contributed by atoms with van der Waals surface area (Å²) in [6, 6.07) is 6.42. The standard InChI is InChI=1S/C11H14N2O2/c14-10-3-1-9(2-4-10)11(15)13-7-5-12-6-8-13/h1-4,12,14H,5-8H2/p+1. The number of benzene rings is 1. The summed E-state index contributed by atoms with van der Waals surface area (Å²) in [6.45, 7) is 3.56. The minimum atomic E-state index is 0.0584. The molecule has 3 N–H and O–H groups in total. The molecule has 0 unspecified atom stereocenters. The van der Waals surface area contributed by atoms with Gasteiger partial charge in [-0.2, -0.15) is 0 Å². The summed E-state index contributed by atoms with van der Waals surface area (Å²) in [4.78, 5) is 13.8. The van der Waals surface area contributed by atoms with Crippen molar-refractivity contribution in [1.82, 2.24) is 4.90 Å². The Hall–Kier alpha value is -1.55. The summed E-state index contributed by atoms with van der Waals surface area (Å²) >= 11 is 0. The van der Waals surface area contributed by atoms with E-state index in [1.54, 1.807) is 24.3 Å². The van der Waals surface area contributed by atoms with E-state index in [9.17, 15) is 4.79 Å². The Kier molecular flexibility index (Phi) is 2.87.